The largest absolute Gasteiger partial charge is 0.504 e. The normalized spacial score (nSPS) is 23.1. The molecule has 3 aromatic carbocycles. The highest BCUT2D eigenvalue weighted by molar-refractivity contribution is 5.91. The van der Waals surface area contributed by atoms with Crippen molar-refractivity contribution < 1.29 is 48.5 Å². The van der Waals surface area contributed by atoms with E-state index in [4.69, 9.17) is 28.4 Å². The molecule has 0 saturated carbocycles. The summed E-state index contributed by atoms with van der Waals surface area (Å²) in [6.07, 6.45) is -2.68. The highest BCUT2D eigenvalue weighted by atomic mass is 16.7. The minimum atomic E-state index is -1.82. The molecule has 0 unspecified atom stereocenters. The molecular formula is C29H30O10. The number of esters is 1. The number of phenols is 1. The second-order valence-electron chi connectivity index (χ2n) is 9.64. The van der Waals surface area contributed by atoms with Gasteiger partial charge in [0.25, 0.3) is 0 Å². The summed E-state index contributed by atoms with van der Waals surface area (Å²) in [5.74, 6) is -1.03. The van der Waals surface area contributed by atoms with E-state index in [9.17, 15) is 20.1 Å². The maximum Gasteiger partial charge on any atom is 0.338 e. The van der Waals surface area contributed by atoms with Gasteiger partial charge in [-0.2, -0.15) is 0 Å². The highest BCUT2D eigenvalue weighted by Crippen LogP contribution is 2.60. The van der Waals surface area contributed by atoms with Crippen LogP contribution in [0.3, 0.4) is 0 Å². The number of methoxy groups -OCH3 is 3. The Labute approximate surface area is 225 Å². The molecule has 2 aliphatic rings. The lowest BCUT2D eigenvalue weighted by molar-refractivity contribution is -0.133. The zero-order valence-electron chi connectivity index (χ0n) is 22.2. The van der Waals surface area contributed by atoms with Gasteiger partial charge in [0.2, 0.25) is 18.3 Å². The number of ether oxygens (including phenoxy) is 6. The van der Waals surface area contributed by atoms with Crippen LogP contribution in [0.1, 0.15) is 47.5 Å². The van der Waals surface area contributed by atoms with Gasteiger partial charge in [0.05, 0.1) is 33.0 Å². The molecule has 5 rings (SSSR count). The number of carbonyl (C=O) groups is 1. The molecule has 1 aliphatic carbocycles. The van der Waals surface area contributed by atoms with Gasteiger partial charge in [-0.15, -0.1) is 0 Å². The van der Waals surface area contributed by atoms with E-state index in [2.05, 4.69) is 0 Å². The fourth-order valence-corrected chi connectivity index (χ4v) is 5.26. The number of phenolic OH excluding ortho intramolecular Hbond substituents is 1. The Balaban J connectivity index is 1.87. The topological polar surface area (TPSA) is 133 Å². The lowest BCUT2D eigenvalue weighted by atomic mass is 9.71. The third kappa shape index (κ3) is 4.07. The quantitative estimate of drug-likeness (QED) is 0.407. The van der Waals surface area contributed by atoms with Crippen LogP contribution >= 0.6 is 0 Å². The van der Waals surface area contributed by atoms with Crippen molar-refractivity contribution in [3.63, 3.8) is 0 Å². The highest BCUT2D eigenvalue weighted by Gasteiger charge is 2.50. The van der Waals surface area contributed by atoms with Crippen molar-refractivity contribution in [2.75, 3.05) is 28.1 Å². The van der Waals surface area contributed by atoms with Crippen LogP contribution in [-0.4, -0.2) is 55.0 Å². The third-order valence-corrected chi connectivity index (χ3v) is 7.54. The van der Waals surface area contributed by atoms with Crippen LogP contribution < -0.4 is 23.7 Å². The lowest BCUT2D eigenvalue weighted by Crippen LogP contribution is -2.45. The first-order valence-corrected chi connectivity index (χ1v) is 12.3. The summed E-state index contributed by atoms with van der Waals surface area (Å²) in [6, 6.07) is 11.5. The molecule has 0 aromatic heterocycles. The van der Waals surface area contributed by atoms with Gasteiger partial charge in [-0.05, 0) is 36.8 Å². The third-order valence-electron chi connectivity index (χ3n) is 7.54. The number of benzene rings is 3. The van der Waals surface area contributed by atoms with Crippen LogP contribution in [0.4, 0.5) is 0 Å². The predicted octanol–water partition coefficient (Wildman–Crippen LogP) is 4.15. The zero-order valence-corrected chi connectivity index (χ0v) is 22.2. The van der Waals surface area contributed by atoms with E-state index in [-0.39, 0.29) is 63.4 Å². The maximum atomic E-state index is 13.3. The summed E-state index contributed by atoms with van der Waals surface area (Å²) in [5.41, 5.74) is -0.664. The van der Waals surface area contributed by atoms with Gasteiger partial charge >= 0.3 is 5.97 Å². The summed E-state index contributed by atoms with van der Waals surface area (Å²) in [7, 11) is 4.19. The summed E-state index contributed by atoms with van der Waals surface area (Å²) in [6.45, 7) is 3.01. The first-order chi connectivity index (χ1) is 18.6. The molecule has 0 spiro atoms. The molecule has 0 amide bonds. The first-order valence-electron chi connectivity index (χ1n) is 12.3. The smallest absolute Gasteiger partial charge is 0.338 e. The van der Waals surface area contributed by atoms with Gasteiger partial charge < -0.3 is 43.7 Å². The van der Waals surface area contributed by atoms with Gasteiger partial charge in [-0.25, -0.2) is 4.79 Å². The van der Waals surface area contributed by atoms with Crippen molar-refractivity contribution in [2.45, 2.75) is 31.7 Å². The Morgan fingerprint density at radius 3 is 2.31 bits per heavy atom. The van der Waals surface area contributed by atoms with E-state index in [1.54, 1.807) is 43.3 Å². The molecule has 0 fully saturated rings. The van der Waals surface area contributed by atoms with Crippen molar-refractivity contribution in [1.29, 1.82) is 0 Å². The predicted molar refractivity (Wildman–Crippen MR) is 139 cm³/mol. The van der Waals surface area contributed by atoms with Gasteiger partial charge in [-0.1, -0.05) is 25.1 Å². The molecule has 1 heterocycles. The van der Waals surface area contributed by atoms with Crippen molar-refractivity contribution >= 4 is 5.97 Å². The molecule has 3 aromatic rings. The van der Waals surface area contributed by atoms with E-state index in [0.717, 1.165) is 0 Å². The van der Waals surface area contributed by atoms with Crippen LogP contribution in [0.2, 0.25) is 0 Å². The van der Waals surface area contributed by atoms with Gasteiger partial charge in [-0.3, -0.25) is 0 Å². The maximum absolute atomic E-state index is 13.3. The number of hydrogen-bond donors (Lipinski definition) is 3. The molecule has 4 atom stereocenters. The average Bonchev–Trinajstić information content (AvgIpc) is 3.42. The molecular weight excluding hydrogens is 508 g/mol. The van der Waals surface area contributed by atoms with E-state index in [1.165, 1.54) is 34.3 Å². The number of fused-ring (bicyclic) bond motifs is 4. The Hall–Kier alpha value is -4.15. The Morgan fingerprint density at radius 1 is 0.974 bits per heavy atom. The lowest BCUT2D eigenvalue weighted by Gasteiger charge is -2.42. The van der Waals surface area contributed by atoms with Crippen molar-refractivity contribution in [2.24, 2.45) is 5.92 Å². The molecule has 206 valence electrons. The monoisotopic (exact) mass is 538 g/mol. The summed E-state index contributed by atoms with van der Waals surface area (Å²) < 4.78 is 34.0. The number of aliphatic hydroxyl groups excluding tert-OH is 1. The standard InChI is InChI=1S/C29H30O10/c1-14-22(30)16-11-18(34-3)24(35-4)23(31)20(16)21-17(12-19-25(26(21)36-5)38-13-37-19)27(29(14,2)33)39-28(32)15-9-7-6-8-10-15/h6-12,14,22,27,30-31,33H,13H2,1-5H3/t14-,22-,27-,29+/m0/s1. The molecule has 0 radical (unpaired) electrons. The van der Waals surface area contributed by atoms with Crippen molar-refractivity contribution in [3.8, 4) is 45.6 Å². The second kappa shape index (κ2) is 9.87. The van der Waals surface area contributed by atoms with Gasteiger partial charge in [0, 0.05) is 22.6 Å². The second-order valence-corrected chi connectivity index (χ2v) is 9.64. The molecule has 10 heteroatoms. The SMILES string of the molecule is COc1cc2c(c(O)c1OC)-c1c(cc3c(c1OC)OCO3)[C@H](OC(=O)c1ccccc1)[C@](C)(O)[C@@H](C)[C@@H]2O. The van der Waals surface area contributed by atoms with Crippen LogP contribution in [0.15, 0.2) is 42.5 Å². The Kier molecular flexibility index (Phi) is 6.69. The Bertz CT molecular complexity index is 1420. The van der Waals surface area contributed by atoms with Crippen LogP contribution in [0.25, 0.3) is 11.1 Å². The number of aliphatic hydroxyl groups is 2. The van der Waals surface area contributed by atoms with Gasteiger partial charge in [0.15, 0.2) is 29.1 Å². The fraction of sp³-hybridized carbons (Fsp3) is 0.345. The van der Waals surface area contributed by atoms with Gasteiger partial charge in [0.1, 0.15) is 5.60 Å². The first kappa shape index (κ1) is 26.5. The minimum absolute atomic E-state index is 0.0203. The fourth-order valence-electron chi connectivity index (χ4n) is 5.26. The molecule has 0 saturated heterocycles. The number of hydrogen-bond acceptors (Lipinski definition) is 10. The molecule has 0 bridgehead atoms. The van der Waals surface area contributed by atoms with Crippen LogP contribution in [0.5, 0.6) is 34.5 Å². The molecule has 1 aliphatic heterocycles. The Morgan fingerprint density at radius 2 is 1.67 bits per heavy atom. The molecule has 10 nitrogen and oxygen atoms in total. The summed E-state index contributed by atoms with van der Waals surface area (Å²) in [5, 5.41) is 35.2. The van der Waals surface area contributed by atoms with Crippen LogP contribution in [0, 0.1) is 5.92 Å². The number of aromatic hydroxyl groups is 1. The number of carbonyl (C=O) groups excluding carboxylic acids is 1. The zero-order chi connectivity index (χ0) is 28.1. The summed E-state index contributed by atoms with van der Waals surface area (Å²) >= 11 is 0. The van der Waals surface area contributed by atoms with Crippen LogP contribution in [-0.2, 0) is 4.74 Å². The van der Waals surface area contributed by atoms with Crippen molar-refractivity contribution in [1.82, 2.24) is 0 Å². The molecule has 39 heavy (non-hydrogen) atoms. The van der Waals surface area contributed by atoms with Crippen molar-refractivity contribution in [3.05, 3.63) is 59.2 Å². The average molecular weight is 539 g/mol. The number of rotatable bonds is 5. The van der Waals surface area contributed by atoms with E-state index in [1.807, 2.05) is 0 Å². The van der Waals surface area contributed by atoms with E-state index >= 15 is 0 Å². The summed E-state index contributed by atoms with van der Waals surface area (Å²) in [4.78, 5) is 13.3. The minimum Gasteiger partial charge on any atom is -0.504 e. The van der Waals surface area contributed by atoms with E-state index < -0.39 is 29.7 Å². The molecule has 3 N–H and O–H groups in total. The van der Waals surface area contributed by atoms with E-state index in [0.29, 0.717) is 5.75 Å².